The number of para-hydroxylation sites is 1. The number of piperidine rings is 1. The number of benzene rings is 2. The van der Waals surface area contributed by atoms with Crippen LogP contribution in [-0.2, 0) is 4.79 Å². The minimum Gasteiger partial charge on any atom is -0.457 e. The Kier molecular flexibility index (Phi) is 7.47. The first-order chi connectivity index (χ1) is 18.8. The average molecular weight is 531 g/mol. The van der Waals surface area contributed by atoms with Crippen LogP contribution in [0.15, 0.2) is 71.7 Å². The second-order valence-electron chi connectivity index (χ2n) is 9.91. The number of nitrogen functional groups attached to an aromatic ring is 1. The minimum absolute atomic E-state index is 0.0756. The third-order valence-electron chi connectivity index (χ3n) is 6.82. The molecular weight excluding hydrogens is 499 g/mol. The average Bonchev–Trinajstić information content (AvgIpc) is 3.33. The summed E-state index contributed by atoms with van der Waals surface area (Å²) in [7, 11) is 3.87. The van der Waals surface area contributed by atoms with Crippen molar-refractivity contribution < 1.29 is 13.9 Å². The van der Waals surface area contributed by atoms with Crippen LogP contribution in [-0.4, -0.2) is 64.2 Å². The fraction of sp³-hybridized carbons (Fsp3) is 0.276. The molecule has 1 unspecified atom stereocenters. The van der Waals surface area contributed by atoms with Crippen LogP contribution < -0.4 is 16.0 Å². The van der Waals surface area contributed by atoms with Gasteiger partial charge in [-0.05, 0) is 51.2 Å². The number of fused-ring (bicyclic) bond motifs is 1. The molecule has 2 aromatic carbocycles. The molecule has 4 aromatic rings. The normalized spacial score (nSPS) is 15.9. The number of ether oxygens (including phenoxy) is 1. The maximum Gasteiger partial charge on any atom is 0.288 e. The molecule has 3 heterocycles. The first-order valence-corrected chi connectivity index (χ1v) is 12.8. The van der Waals surface area contributed by atoms with Crippen molar-refractivity contribution in [3.05, 3.63) is 83.1 Å². The molecule has 1 aliphatic rings. The number of likely N-dealkylation sites (N-methyl/N-ethyl adjacent to an activating group) is 1. The van der Waals surface area contributed by atoms with Gasteiger partial charge in [-0.15, -0.1) is 0 Å². The Morgan fingerprint density at radius 3 is 2.74 bits per heavy atom. The topological polar surface area (TPSA) is 109 Å². The van der Waals surface area contributed by atoms with E-state index in [0.29, 0.717) is 47.6 Å². The van der Waals surface area contributed by atoms with Crippen molar-refractivity contribution in [3.8, 4) is 22.6 Å². The van der Waals surface area contributed by atoms with Crippen molar-refractivity contribution in [2.45, 2.75) is 18.9 Å². The number of amides is 1. The molecule has 1 fully saturated rings. The molecule has 10 heteroatoms. The van der Waals surface area contributed by atoms with Gasteiger partial charge in [0.25, 0.3) is 5.56 Å². The number of H-pyrrole nitrogens is 1. The van der Waals surface area contributed by atoms with E-state index in [1.54, 1.807) is 41.4 Å². The highest BCUT2D eigenvalue weighted by Gasteiger charge is 2.28. The summed E-state index contributed by atoms with van der Waals surface area (Å²) < 4.78 is 23.1. The Morgan fingerprint density at radius 1 is 1.21 bits per heavy atom. The standard InChI is InChI=1S/C29H31FN6O3/c1-34(2)14-7-11-25(37)35-15-6-8-19(17-35)36-18-23(26-27(36)29(38)33-32-28(26)31)22-13-12-21(16-24(22)30)39-20-9-4-3-5-10-20/h3-5,7,9-13,16,18-19H,6,8,14-15,17H2,1-2H3,(H2,31,32)(H,33,38)/b11-7+. The van der Waals surface area contributed by atoms with Crippen LogP contribution in [0.5, 0.6) is 11.5 Å². The van der Waals surface area contributed by atoms with Crippen molar-refractivity contribution in [2.75, 3.05) is 39.5 Å². The molecule has 0 aliphatic carbocycles. The molecule has 0 saturated carbocycles. The fourth-order valence-corrected chi connectivity index (χ4v) is 4.98. The number of aromatic amines is 1. The first kappa shape index (κ1) is 26.2. The predicted molar refractivity (Wildman–Crippen MR) is 149 cm³/mol. The highest BCUT2D eigenvalue weighted by atomic mass is 19.1. The lowest BCUT2D eigenvalue weighted by Crippen LogP contribution is -2.40. The Morgan fingerprint density at radius 2 is 2.00 bits per heavy atom. The van der Waals surface area contributed by atoms with Crippen LogP contribution in [0.4, 0.5) is 10.2 Å². The second-order valence-corrected chi connectivity index (χ2v) is 9.91. The maximum absolute atomic E-state index is 15.5. The van der Waals surface area contributed by atoms with E-state index in [2.05, 4.69) is 10.2 Å². The van der Waals surface area contributed by atoms with E-state index < -0.39 is 11.4 Å². The number of nitrogens with zero attached hydrogens (tertiary/aromatic N) is 4. The largest absolute Gasteiger partial charge is 0.457 e. The summed E-state index contributed by atoms with van der Waals surface area (Å²) in [5, 5.41) is 6.78. The van der Waals surface area contributed by atoms with Crippen LogP contribution in [0.2, 0.25) is 0 Å². The molecular formula is C29H31FN6O3. The summed E-state index contributed by atoms with van der Waals surface area (Å²) in [5.74, 6) is 0.438. The molecule has 0 bridgehead atoms. The number of nitrogens with two attached hydrogens (primary N) is 1. The molecule has 0 radical (unpaired) electrons. The molecule has 2 aromatic heterocycles. The Hall–Kier alpha value is -4.44. The van der Waals surface area contributed by atoms with Crippen molar-refractivity contribution in [3.63, 3.8) is 0 Å². The molecule has 1 amide bonds. The summed E-state index contributed by atoms with van der Waals surface area (Å²) >= 11 is 0. The van der Waals surface area contributed by atoms with E-state index in [1.165, 1.54) is 6.07 Å². The number of rotatable bonds is 7. The van der Waals surface area contributed by atoms with Gasteiger partial charge in [-0.25, -0.2) is 9.49 Å². The highest BCUT2D eigenvalue weighted by Crippen LogP contribution is 2.38. The van der Waals surface area contributed by atoms with Gasteiger partial charge in [0.05, 0.1) is 11.4 Å². The Labute approximate surface area is 225 Å². The van der Waals surface area contributed by atoms with Crippen LogP contribution in [0.25, 0.3) is 22.0 Å². The molecule has 9 nitrogen and oxygen atoms in total. The van der Waals surface area contributed by atoms with Crippen LogP contribution in [0.1, 0.15) is 18.9 Å². The second kappa shape index (κ2) is 11.1. The zero-order chi connectivity index (χ0) is 27.5. The van der Waals surface area contributed by atoms with Gasteiger partial charge in [0.15, 0.2) is 5.82 Å². The summed E-state index contributed by atoms with van der Waals surface area (Å²) in [6.45, 7) is 1.71. The summed E-state index contributed by atoms with van der Waals surface area (Å²) in [5.41, 5.74) is 6.84. The predicted octanol–water partition coefficient (Wildman–Crippen LogP) is 4.19. The van der Waals surface area contributed by atoms with Gasteiger partial charge in [-0.3, -0.25) is 9.59 Å². The third-order valence-corrected chi connectivity index (χ3v) is 6.82. The minimum atomic E-state index is -0.520. The SMILES string of the molecule is CN(C)C/C=C/C(=O)N1CCCC(n2cc(-c3ccc(Oc4ccccc4)cc3F)c3c(N)n[nH]c(=O)c32)C1. The summed E-state index contributed by atoms with van der Waals surface area (Å²) in [6.07, 6.45) is 6.69. The smallest absolute Gasteiger partial charge is 0.288 e. The number of nitrogens with one attached hydrogen (secondary N) is 1. The lowest BCUT2D eigenvalue weighted by molar-refractivity contribution is -0.127. The van der Waals surface area contributed by atoms with Crippen LogP contribution in [0.3, 0.4) is 0 Å². The summed E-state index contributed by atoms with van der Waals surface area (Å²) in [4.78, 5) is 29.6. The quantitative estimate of drug-likeness (QED) is 0.347. The van der Waals surface area contributed by atoms with Gasteiger partial charge in [0.2, 0.25) is 5.91 Å². The molecule has 39 heavy (non-hydrogen) atoms. The number of carbonyl (C=O) groups is 1. The van der Waals surface area contributed by atoms with Gasteiger partial charge in [0, 0.05) is 49.1 Å². The van der Waals surface area contributed by atoms with E-state index in [-0.39, 0.29) is 23.3 Å². The zero-order valence-electron chi connectivity index (χ0n) is 21.9. The van der Waals surface area contributed by atoms with Crippen molar-refractivity contribution in [1.82, 2.24) is 24.6 Å². The zero-order valence-corrected chi connectivity index (χ0v) is 21.9. The third kappa shape index (κ3) is 5.56. The van der Waals surface area contributed by atoms with Gasteiger partial charge >= 0.3 is 0 Å². The first-order valence-electron chi connectivity index (χ1n) is 12.8. The number of halogens is 1. The van der Waals surface area contributed by atoms with E-state index in [1.807, 2.05) is 47.8 Å². The molecule has 1 saturated heterocycles. The summed E-state index contributed by atoms with van der Waals surface area (Å²) in [6, 6.07) is 13.5. The number of carbonyl (C=O) groups excluding carboxylic acids is 1. The number of anilines is 1. The van der Waals surface area contributed by atoms with Gasteiger partial charge in [-0.1, -0.05) is 24.3 Å². The highest BCUT2D eigenvalue weighted by molar-refractivity contribution is 6.02. The molecule has 5 rings (SSSR count). The number of aromatic nitrogens is 3. The monoisotopic (exact) mass is 530 g/mol. The number of hydrogen-bond donors (Lipinski definition) is 2. The van der Waals surface area contributed by atoms with Crippen molar-refractivity contribution in [2.24, 2.45) is 0 Å². The molecule has 0 spiro atoms. The van der Waals surface area contributed by atoms with Gasteiger partial charge < -0.3 is 24.8 Å². The fourth-order valence-electron chi connectivity index (χ4n) is 4.98. The van der Waals surface area contributed by atoms with Crippen LogP contribution >= 0.6 is 0 Å². The molecule has 1 aliphatic heterocycles. The lowest BCUT2D eigenvalue weighted by Gasteiger charge is -2.33. The number of hydrogen-bond acceptors (Lipinski definition) is 6. The Bertz CT molecular complexity index is 1580. The maximum atomic E-state index is 15.5. The molecule has 202 valence electrons. The Balaban J connectivity index is 1.50. The van der Waals surface area contributed by atoms with Gasteiger partial charge in [-0.2, -0.15) is 5.10 Å². The lowest BCUT2D eigenvalue weighted by atomic mass is 10.0. The van der Waals surface area contributed by atoms with Crippen molar-refractivity contribution >= 4 is 22.6 Å². The van der Waals surface area contributed by atoms with E-state index in [0.717, 1.165) is 12.8 Å². The van der Waals surface area contributed by atoms with Gasteiger partial charge in [0.1, 0.15) is 22.8 Å². The molecule has 3 N–H and O–H groups in total. The number of likely N-dealkylation sites (tertiary alicyclic amines) is 1. The molecule has 1 atom stereocenters. The van der Waals surface area contributed by atoms with Crippen LogP contribution in [0, 0.1) is 5.82 Å². The van der Waals surface area contributed by atoms with E-state index >= 15 is 4.39 Å². The van der Waals surface area contributed by atoms with E-state index in [9.17, 15) is 9.59 Å². The van der Waals surface area contributed by atoms with Crippen molar-refractivity contribution in [1.29, 1.82) is 0 Å². The van der Waals surface area contributed by atoms with E-state index in [4.69, 9.17) is 10.5 Å².